The molecule has 0 N–H and O–H groups in total. The van der Waals surface area contributed by atoms with Crippen molar-refractivity contribution in [2.75, 3.05) is 5.75 Å². The van der Waals surface area contributed by atoms with Crippen molar-refractivity contribution in [2.45, 2.75) is 13.3 Å². The standard InChI is InChI=1S/C10H13NO4S2.K/c1-2-16-10(11-15-17(12,13)14)8-9-6-4-3-5-7-9;/h3-7H,2,8H2,1H3,(H,12,13,14);/q;+1/p-1/b11-10+;. The van der Waals surface area contributed by atoms with Gasteiger partial charge in [0.1, 0.15) is 5.04 Å². The average Bonchev–Trinajstić information content (AvgIpc) is 2.27. The molecule has 94 valence electrons. The molecule has 0 unspecified atom stereocenters. The molecule has 0 aliphatic rings. The number of rotatable bonds is 5. The molecule has 0 fully saturated rings. The number of hydrogen-bond donors (Lipinski definition) is 0. The summed E-state index contributed by atoms with van der Waals surface area (Å²) in [6, 6.07) is 9.39. The van der Waals surface area contributed by atoms with Crippen LogP contribution in [0.15, 0.2) is 35.5 Å². The third kappa shape index (κ3) is 8.65. The third-order valence-electron chi connectivity index (χ3n) is 1.74. The molecule has 1 aromatic rings. The van der Waals surface area contributed by atoms with E-state index in [-0.39, 0.29) is 51.4 Å². The van der Waals surface area contributed by atoms with Gasteiger partial charge in [-0.3, -0.25) is 4.28 Å². The molecule has 0 amide bonds. The minimum absolute atomic E-state index is 0. The van der Waals surface area contributed by atoms with E-state index in [0.717, 1.165) is 5.56 Å². The van der Waals surface area contributed by atoms with Gasteiger partial charge >= 0.3 is 51.4 Å². The van der Waals surface area contributed by atoms with Crippen LogP contribution in [0.4, 0.5) is 0 Å². The molecule has 0 aromatic heterocycles. The number of nitrogens with zero attached hydrogens (tertiary/aromatic N) is 1. The molecule has 0 spiro atoms. The summed E-state index contributed by atoms with van der Waals surface area (Å²) >= 11 is 1.33. The number of hydrogen-bond acceptors (Lipinski definition) is 6. The molecule has 0 atom stereocenters. The predicted octanol–water partition coefficient (Wildman–Crippen LogP) is -1.22. The monoisotopic (exact) mass is 313 g/mol. The van der Waals surface area contributed by atoms with Crippen molar-refractivity contribution in [1.82, 2.24) is 0 Å². The Bertz CT molecular complexity index is 476. The molecule has 0 radical (unpaired) electrons. The molecule has 0 saturated carbocycles. The topological polar surface area (TPSA) is 78.8 Å². The summed E-state index contributed by atoms with van der Waals surface area (Å²) in [6.07, 6.45) is 0.439. The van der Waals surface area contributed by atoms with Gasteiger partial charge in [-0.15, -0.1) is 11.8 Å². The first-order valence-corrected chi connectivity index (χ1v) is 7.21. The maximum absolute atomic E-state index is 10.3. The van der Waals surface area contributed by atoms with Crippen molar-refractivity contribution in [3.63, 3.8) is 0 Å². The molecule has 1 aromatic carbocycles. The Morgan fingerprint density at radius 3 is 2.50 bits per heavy atom. The Balaban J connectivity index is 0.00000289. The Hall–Kier alpha value is 0.586. The molecule has 0 aliphatic carbocycles. The van der Waals surface area contributed by atoms with Crippen LogP contribution >= 0.6 is 11.8 Å². The third-order valence-corrected chi connectivity index (χ3v) is 2.84. The maximum atomic E-state index is 10.3. The molecular formula is C10H12KNO4S2. The van der Waals surface area contributed by atoms with Crippen LogP contribution in [0.3, 0.4) is 0 Å². The van der Waals surface area contributed by atoms with E-state index in [0.29, 0.717) is 17.2 Å². The molecule has 0 heterocycles. The summed E-state index contributed by atoms with van der Waals surface area (Å²) in [5.74, 6) is 0.716. The number of oxime groups is 1. The molecule has 18 heavy (non-hydrogen) atoms. The fraction of sp³-hybridized carbons (Fsp3) is 0.300. The second-order valence-corrected chi connectivity index (χ2v) is 5.37. The fourth-order valence-corrected chi connectivity index (χ4v) is 2.05. The first-order chi connectivity index (χ1) is 8.01. The zero-order valence-electron chi connectivity index (χ0n) is 10.2. The molecule has 0 saturated heterocycles. The largest absolute Gasteiger partial charge is 1.00 e. The van der Waals surface area contributed by atoms with Gasteiger partial charge in [0.05, 0.1) is 0 Å². The average molecular weight is 313 g/mol. The van der Waals surface area contributed by atoms with Gasteiger partial charge in [-0.2, -0.15) is 8.42 Å². The molecule has 0 aliphatic heterocycles. The molecular weight excluding hydrogens is 301 g/mol. The van der Waals surface area contributed by atoms with Crippen LogP contribution in [0, 0.1) is 0 Å². The normalized spacial score (nSPS) is 11.8. The zero-order chi connectivity index (χ0) is 12.7. The van der Waals surface area contributed by atoms with E-state index in [1.54, 1.807) is 0 Å². The number of benzene rings is 1. The summed E-state index contributed by atoms with van der Waals surface area (Å²) in [4.78, 5) is 0. The van der Waals surface area contributed by atoms with Crippen LogP contribution < -0.4 is 51.4 Å². The van der Waals surface area contributed by atoms with E-state index in [9.17, 15) is 13.0 Å². The van der Waals surface area contributed by atoms with Crippen LogP contribution in [0.2, 0.25) is 0 Å². The van der Waals surface area contributed by atoms with Crippen molar-refractivity contribution in [3.05, 3.63) is 35.9 Å². The first-order valence-electron chi connectivity index (χ1n) is 4.89. The van der Waals surface area contributed by atoms with Crippen molar-refractivity contribution in [3.8, 4) is 0 Å². The van der Waals surface area contributed by atoms with E-state index in [1.807, 2.05) is 37.3 Å². The van der Waals surface area contributed by atoms with Gasteiger partial charge in [-0.05, 0) is 11.3 Å². The number of thioether (sulfide) groups is 1. The van der Waals surface area contributed by atoms with Crippen molar-refractivity contribution >= 4 is 27.2 Å². The smallest absolute Gasteiger partial charge is 0.714 e. The molecule has 1 rings (SSSR count). The molecule has 0 bridgehead atoms. The van der Waals surface area contributed by atoms with Crippen molar-refractivity contribution in [2.24, 2.45) is 5.16 Å². The van der Waals surface area contributed by atoms with Gasteiger partial charge in [-0.1, -0.05) is 42.4 Å². The van der Waals surface area contributed by atoms with Crippen LogP contribution in [-0.4, -0.2) is 23.8 Å². The molecule has 8 heteroatoms. The second-order valence-electron chi connectivity index (χ2n) is 3.06. The second kappa shape index (κ2) is 9.48. The predicted molar refractivity (Wildman–Crippen MR) is 66.5 cm³/mol. The van der Waals surface area contributed by atoms with Gasteiger partial charge in [-0.25, -0.2) is 0 Å². The fourth-order valence-electron chi connectivity index (χ4n) is 1.13. The van der Waals surface area contributed by atoms with Crippen LogP contribution in [0.1, 0.15) is 12.5 Å². The summed E-state index contributed by atoms with van der Waals surface area (Å²) in [5.41, 5.74) is 0.971. The minimum atomic E-state index is -4.78. The zero-order valence-corrected chi connectivity index (χ0v) is 15.0. The van der Waals surface area contributed by atoms with E-state index in [2.05, 4.69) is 9.44 Å². The van der Waals surface area contributed by atoms with Crippen LogP contribution in [-0.2, 0) is 21.1 Å². The quantitative estimate of drug-likeness (QED) is 0.170. The van der Waals surface area contributed by atoms with E-state index in [1.165, 1.54) is 11.8 Å². The van der Waals surface area contributed by atoms with Gasteiger partial charge in [0.2, 0.25) is 0 Å². The Labute approximate surface area is 154 Å². The summed E-state index contributed by atoms with van der Waals surface area (Å²) in [7, 11) is -4.78. The Morgan fingerprint density at radius 1 is 1.39 bits per heavy atom. The van der Waals surface area contributed by atoms with E-state index >= 15 is 0 Å². The van der Waals surface area contributed by atoms with Gasteiger partial charge in [0.15, 0.2) is 0 Å². The Morgan fingerprint density at radius 2 is 2.00 bits per heavy atom. The summed E-state index contributed by atoms with van der Waals surface area (Å²) in [6.45, 7) is 1.90. The van der Waals surface area contributed by atoms with Crippen LogP contribution in [0.5, 0.6) is 0 Å². The molecule has 5 nitrogen and oxygen atoms in total. The maximum Gasteiger partial charge on any atom is 1.00 e. The van der Waals surface area contributed by atoms with Gasteiger partial charge in [0.25, 0.3) is 10.4 Å². The Kier molecular flexibility index (Phi) is 9.79. The minimum Gasteiger partial charge on any atom is -0.714 e. The SMILES string of the molecule is CCS/C(Cc1ccccc1)=N/OS(=O)(=O)[O-].[K+]. The van der Waals surface area contributed by atoms with E-state index < -0.39 is 10.4 Å². The van der Waals surface area contributed by atoms with Crippen molar-refractivity contribution < 1.29 is 68.6 Å². The first kappa shape index (κ1) is 18.6. The van der Waals surface area contributed by atoms with Crippen molar-refractivity contribution in [1.29, 1.82) is 0 Å². The van der Waals surface area contributed by atoms with Crippen LogP contribution in [0.25, 0.3) is 0 Å². The van der Waals surface area contributed by atoms with Gasteiger partial charge in [0, 0.05) is 6.42 Å². The van der Waals surface area contributed by atoms with E-state index in [4.69, 9.17) is 0 Å². The van der Waals surface area contributed by atoms with Gasteiger partial charge < -0.3 is 4.55 Å². The summed E-state index contributed by atoms with van der Waals surface area (Å²) in [5, 5.41) is 3.82. The summed E-state index contributed by atoms with van der Waals surface area (Å²) < 4.78 is 34.8.